The summed E-state index contributed by atoms with van der Waals surface area (Å²) in [5.74, 6) is 1.69. The lowest BCUT2D eigenvalue weighted by atomic mass is 9.71. The molecule has 0 N–H and O–H groups in total. The van der Waals surface area contributed by atoms with E-state index >= 15 is 0 Å². The van der Waals surface area contributed by atoms with Crippen molar-refractivity contribution >= 4 is 6.08 Å². The molecule has 1 nitrogen and oxygen atoms in total. The van der Waals surface area contributed by atoms with Gasteiger partial charge in [-0.05, 0) is 54.9 Å². The molecule has 1 aromatic carbocycles. The van der Waals surface area contributed by atoms with E-state index in [0.29, 0.717) is 0 Å². The third-order valence-electron chi connectivity index (χ3n) is 5.52. The van der Waals surface area contributed by atoms with Crippen molar-refractivity contribution in [1.29, 1.82) is 0 Å². The van der Waals surface area contributed by atoms with Gasteiger partial charge in [0.2, 0.25) is 0 Å². The van der Waals surface area contributed by atoms with Crippen LogP contribution >= 0.6 is 0 Å². The Balaban J connectivity index is 1.80. The zero-order valence-corrected chi connectivity index (χ0v) is 12.5. The smallest absolute Gasteiger partial charge is 0.0629 e. The van der Waals surface area contributed by atoms with Gasteiger partial charge in [-0.3, -0.25) is 4.98 Å². The molecule has 0 aliphatic heterocycles. The highest BCUT2D eigenvalue weighted by Gasteiger charge is 2.52. The molecule has 1 aromatic heterocycles. The number of fused-ring (bicyclic) bond motifs is 2. The van der Waals surface area contributed by atoms with Gasteiger partial charge in [-0.15, -0.1) is 0 Å². The van der Waals surface area contributed by atoms with E-state index in [1.54, 1.807) is 5.57 Å². The molecular weight excluding hydrogens is 254 g/mol. The summed E-state index contributed by atoms with van der Waals surface area (Å²) in [5, 5.41) is 0. The minimum Gasteiger partial charge on any atom is -0.257 e. The highest BCUT2D eigenvalue weighted by molar-refractivity contribution is 5.57. The van der Waals surface area contributed by atoms with Gasteiger partial charge in [-0.25, -0.2) is 0 Å². The van der Waals surface area contributed by atoms with Crippen LogP contribution < -0.4 is 0 Å². The molecular formula is C20H21N. The zero-order chi connectivity index (χ0) is 14.3. The van der Waals surface area contributed by atoms with Crippen LogP contribution in [0.25, 0.3) is 6.08 Å². The summed E-state index contributed by atoms with van der Waals surface area (Å²) in [6, 6.07) is 17.3. The monoisotopic (exact) mass is 275 g/mol. The van der Waals surface area contributed by atoms with E-state index < -0.39 is 0 Å². The number of aromatic nitrogens is 1. The summed E-state index contributed by atoms with van der Waals surface area (Å²) in [6.45, 7) is 2.42. The molecule has 2 aromatic rings. The lowest BCUT2D eigenvalue weighted by Gasteiger charge is -2.32. The number of hydrogen-bond acceptors (Lipinski definition) is 1. The van der Waals surface area contributed by atoms with Crippen LogP contribution in [0.15, 0.2) is 60.3 Å². The number of benzene rings is 1. The van der Waals surface area contributed by atoms with E-state index in [4.69, 9.17) is 0 Å². The molecule has 2 bridgehead atoms. The Bertz CT molecular complexity index is 655. The van der Waals surface area contributed by atoms with Crippen LogP contribution in [0.3, 0.4) is 0 Å². The van der Waals surface area contributed by atoms with Gasteiger partial charge in [-0.1, -0.05) is 48.9 Å². The topological polar surface area (TPSA) is 12.9 Å². The minimum absolute atomic E-state index is 0.267. The molecule has 2 saturated carbocycles. The first-order chi connectivity index (χ1) is 10.3. The molecule has 0 amide bonds. The summed E-state index contributed by atoms with van der Waals surface area (Å²) in [4.78, 5) is 4.49. The highest BCUT2D eigenvalue weighted by Crippen LogP contribution is 2.61. The quantitative estimate of drug-likeness (QED) is 0.763. The van der Waals surface area contributed by atoms with Crippen LogP contribution in [-0.4, -0.2) is 4.98 Å². The highest BCUT2D eigenvalue weighted by atomic mass is 14.7. The van der Waals surface area contributed by atoms with Crippen molar-refractivity contribution in [2.45, 2.75) is 31.6 Å². The Kier molecular flexibility index (Phi) is 2.95. The van der Waals surface area contributed by atoms with Crippen molar-refractivity contribution in [2.75, 3.05) is 0 Å². The van der Waals surface area contributed by atoms with Crippen LogP contribution in [0, 0.1) is 11.8 Å². The van der Waals surface area contributed by atoms with Crippen molar-refractivity contribution < 1.29 is 0 Å². The van der Waals surface area contributed by atoms with E-state index in [9.17, 15) is 0 Å². The first-order valence-electron chi connectivity index (χ1n) is 7.95. The number of pyridine rings is 1. The molecule has 1 heteroatoms. The summed E-state index contributed by atoms with van der Waals surface area (Å²) in [5.41, 5.74) is 4.46. The molecule has 0 saturated heterocycles. The van der Waals surface area contributed by atoms with Gasteiger partial charge in [0.15, 0.2) is 0 Å². The maximum absolute atomic E-state index is 4.49. The minimum atomic E-state index is 0.267. The van der Waals surface area contributed by atoms with Crippen LogP contribution in [-0.2, 0) is 5.41 Å². The average molecular weight is 275 g/mol. The summed E-state index contributed by atoms with van der Waals surface area (Å²) >= 11 is 0. The molecule has 2 aliphatic rings. The average Bonchev–Trinajstić information content (AvgIpc) is 3.05. The fourth-order valence-electron chi connectivity index (χ4n) is 4.48. The fourth-order valence-corrected chi connectivity index (χ4v) is 4.48. The van der Waals surface area contributed by atoms with Gasteiger partial charge < -0.3 is 0 Å². The van der Waals surface area contributed by atoms with Crippen molar-refractivity contribution in [2.24, 2.45) is 11.8 Å². The molecule has 21 heavy (non-hydrogen) atoms. The van der Waals surface area contributed by atoms with Gasteiger partial charge in [0.05, 0.1) is 5.69 Å². The molecule has 0 radical (unpaired) electrons. The third-order valence-corrected chi connectivity index (χ3v) is 5.52. The molecule has 4 rings (SSSR count). The second-order valence-electron chi connectivity index (χ2n) is 6.72. The lowest BCUT2D eigenvalue weighted by Crippen LogP contribution is -2.24. The SMILES string of the molecule is C[C@H]1C[C@@]2(c3ccccc3)C[C@@H]1C/C2=C\c1ccccn1. The molecule has 106 valence electrons. The molecule has 2 aliphatic carbocycles. The predicted octanol–water partition coefficient (Wildman–Crippen LogP) is 4.85. The van der Waals surface area contributed by atoms with E-state index in [-0.39, 0.29) is 5.41 Å². The van der Waals surface area contributed by atoms with E-state index in [1.165, 1.54) is 24.8 Å². The zero-order valence-electron chi connectivity index (χ0n) is 12.5. The molecule has 0 spiro atoms. The van der Waals surface area contributed by atoms with Crippen molar-refractivity contribution in [3.63, 3.8) is 0 Å². The number of nitrogens with zero attached hydrogens (tertiary/aromatic N) is 1. The Hall–Kier alpha value is -1.89. The van der Waals surface area contributed by atoms with E-state index in [1.807, 2.05) is 12.3 Å². The Labute approximate surface area is 126 Å². The summed E-state index contributed by atoms with van der Waals surface area (Å²) in [7, 11) is 0. The van der Waals surface area contributed by atoms with Crippen LogP contribution in [0.4, 0.5) is 0 Å². The van der Waals surface area contributed by atoms with Crippen molar-refractivity contribution in [3.05, 3.63) is 71.6 Å². The third kappa shape index (κ3) is 2.03. The molecule has 0 unspecified atom stereocenters. The normalized spacial score (nSPS) is 32.7. The van der Waals surface area contributed by atoms with Gasteiger partial charge in [0.25, 0.3) is 0 Å². The second kappa shape index (κ2) is 4.84. The first-order valence-corrected chi connectivity index (χ1v) is 7.95. The number of rotatable bonds is 2. The molecule has 3 atom stereocenters. The maximum Gasteiger partial charge on any atom is 0.0629 e. The van der Waals surface area contributed by atoms with Crippen molar-refractivity contribution in [1.82, 2.24) is 4.98 Å². The van der Waals surface area contributed by atoms with Gasteiger partial charge in [0.1, 0.15) is 0 Å². The Morgan fingerprint density at radius 1 is 1.05 bits per heavy atom. The van der Waals surface area contributed by atoms with Crippen LogP contribution in [0.5, 0.6) is 0 Å². The number of allylic oxidation sites excluding steroid dienone is 1. The van der Waals surface area contributed by atoms with Crippen molar-refractivity contribution in [3.8, 4) is 0 Å². The van der Waals surface area contributed by atoms with E-state index in [0.717, 1.165) is 17.5 Å². The van der Waals surface area contributed by atoms with Gasteiger partial charge in [-0.2, -0.15) is 0 Å². The van der Waals surface area contributed by atoms with Gasteiger partial charge in [0, 0.05) is 11.6 Å². The molecule has 1 heterocycles. The second-order valence-corrected chi connectivity index (χ2v) is 6.72. The van der Waals surface area contributed by atoms with Crippen LogP contribution in [0.1, 0.15) is 37.4 Å². The van der Waals surface area contributed by atoms with E-state index in [2.05, 4.69) is 60.4 Å². The maximum atomic E-state index is 4.49. The summed E-state index contributed by atoms with van der Waals surface area (Å²) in [6.07, 6.45) is 8.08. The molecule has 2 fully saturated rings. The first kappa shape index (κ1) is 12.8. The Morgan fingerprint density at radius 3 is 2.57 bits per heavy atom. The predicted molar refractivity (Wildman–Crippen MR) is 86.8 cm³/mol. The number of hydrogen-bond donors (Lipinski definition) is 0. The lowest BCUT2D eigenvalue weighted by molar-refractivity contribution is 0.393. The fraction of sp³-hybridized carbons (Fsp3) is 0.350. The largest absolute Gasteiger partial charge is 0.257 e. The van der Waals surface area contributed by atoms with Gasteiger partial charge >= 0.3 is 0 Å². The van der Waals surface area contributed by atoms with Crippen LogP contribution in [0.2, 0.25) is 0 Å². The standard InChI is InChI=1S/C20H21N/c1-15-13-20(17-7-3-2-4-8-17)14-16(15)11-18(20)12-19-9-5-6-10-21-19/h2-10,12,15-16H,11,13-14H2,1H3/b18-12+/t15-,16-,20-/m0/s1. The Morgan fingerprint density at radius 2 is 1.86 bits per heavy atom. The summed E-state index contributed by atoms with van der Waals surface area (Å²) < 4.78 is 0.